The highest BCUT2D eigenvalue weighted by atomic mass is 19.2. The van der Waals surface area contributed by atoms with Crippen LogP contribution in [0.3, 0.4) is 0 Å². The van der Waals surface area contributed by atoms with Gasteiger partial charge in [0.1, 0.15) is 0 Å². The highest BCUT2D eigenvalue weighted by molar-refractivity contribution is 5.57. The molecule has 27 heavy (non-hydrogen) atoms. The maximum Gasteiger partial charge on any atom is 0.247 e. The van der Waals surface area contributed by atoms with Gasteiger partial charge in [-0.15, -0.1) is 5.10 Å². The molecule has 8 heteroatoms. The van der Waals surface area contributed by atoms with Crippen molar-refractivity contribution >= 4 is 17.5 Å². The fourth-order valence-corrected chi connectivity index (χ4v) is 2.50. The standard InChI is InChI=1S/C19H18F3N5/c1-12(2)27(11-13-6-4-3-5-7-13)19-25-16(10-23-26-19)24-15-9-8-14(20)17(21)18(15)22/h3-10,12H,11H2,1-2H3,(H,24,25,26). The molecule has 0 aliphatic carbocycles. The topological polar surface area (TPSA) is 53.9 Å². The fraction of sp³-hybridized carbons (Fsp3) is 0.211. The van der Waals surface area contributed by atoms with Crippen LogP contribution in [0.5, 0.6) is 0 Å². The van der Waals surface area contributed by atoms with Gasteiger partial charge in [-0.2, -0.15) is 10.1 Å². The Morgan fingerprint density at radius 3 is 2.44 bits per heavy atom. The molecule has 3 aromatic rings. The van der Waals surface area contributed by atoms with E-state index >= 15 is 0 Å². The maximum atomic E-state index is 13.9. The molecule has 3 rings (SSSR count). The van der Waals surface area contributed by atoms with Gasteiger partial charge in [0, 0.05) is 12.6 Å². The molecule has 0 aliphatic rings. The molecule has 0 fully saturated rings. The van der Waals surface area contributed by atoms with E-state index in [2.05, 4.69) is 20.5 Å². The van der Waals surface area contributed by atoms with E-state index in [0.29, 0.717) is 12.5 Å². The van der Waals surface area contributed by atoms with Crippen molar-refractivity contribution in [3.05, 3.63) is 71.7 Å². The summed E-state index contributed by atoms with van der Waals surface area (Å²) in [4.78, 5) is 6.26. The minimum absolute atomic E-state index is 0.0715. The molecule has 1 aromatic heterocycles. The molecule has 0 radical (unpaired) electrons. The normalized spacial score (nSPS) is 10.9. The third kappa shape index (κ3) is 4.33. The predicted molar refractivity (Wildman–Crippen MR) is 97.2 cm³/mol. The molecule has 1 N–H and O–H groups in total. The summed E-state index contributed by atoms with van der Waals surface area (Å²) < 4.78 is 40.4. The monoisotopic (exact) mass is 373 g/mol. The van der Waals surface area contributed by atoms with E-state index in [-0.39, 0.29) is 17.5 Å². The summed E-state index contributed by atoms with van der Waals surface area (Å²) in [7, 11) is 0. The SMILES string of the molecule is CC(C)N(Cc1ccccc1)c1nncc(Nc2ccc(F)c(F)c2F)n1. The lowest BCUT2D eigenvalue weighted by Crippen LogP contribution is -2.32. The van der Waals surface area contributed by atoms with Crippen LogP contribution in [0.15, 0.2) is 48.7 Å². The first-order chi connectivity index (χ1) is 13.0. The van der Waals surface area contributed by atoms with Gasteiger partial charge >= 0.3 is 0 Å². The van der Waals surface area contributed by atoms with E-state index < -0.39 is 17.5 Å². The van der Waals surface area contributed by atoms with E-state index in [1.54, 1.807) is 0 Å². The van der Waals surface area contributed by atoms with E-state index in [1.807, 2.05) is 49.1 Å². The van der Waals surface area contributed by atoms with Crippen molar-refractivity contribution in [1.29, 1.82) is 0 Å². The molecular formula is C19H18F3N5. The Labute approximate surface area is 154 Å². The van der Waals surface area contributed by atoms with E-state index in [1.165, 1.54) is 6.20 Å². The zero-order chi connectivity index (χ0) is 19.4. The second-order valence-electron chi connectivity index (χ2n) is 6.20. The Morgan fingerprint density at radius 2 is 1.74 bits per heavy atom. The first-order valence-electron chi connectivity index (χ1n) is 8.36. The second kappa shape index (κ2) is 8.03. The summed E-state index contributed by atoms with van der Waals surface area (Å²) in [5.74, 6) is -3.62. The summed E-state index contributed by atoms with van der Waals surface area (Å²) in [6, 6.07) is 11.8. The summed E-state index contributed by atoms with van der Waals surface area (Å²) >= 11 is 0. The average Bonchev–Trinajstić information content (AvgIpc) is 2.67. The first-order valence-corrected chi connectivity index (χ1v) is 8.36. The Kier molecular flexibility index (Phi) is 5.54. The average molecular weight is 373 g/mol. The molecule has 2 aromatic carbocycles. The zero-order valence-corrected chi connectivity index (χ0v) is 14.8. The highest BCUT2D eigenvalue weighted by Crippen LogP contribution is 2.23. The maximum absolute atomic E-state index is 13.9. The molecule has 5 nitrogen and oxygen atoms in total. The molecule has 140 valence electrons. The Hall–Kier alpha value is -3.16. The van der Waals surface area contributed by atoms with E-state index in [9.17, 15) is 13.2 Å². The van der Waals surface area contributed by atoms with Crippen molar-refractivity contribution in [3.8, 4) is 0 Å². The highest BCUT2D eigenvalue weighted by Gasteiger charge is 2.17. The largest absolute Gasteiger partial charge is 0.336 e. The summed E-state index contributed by atoms with van der Waals surface area (Å²) in [6.45, 7) is 4.53. The summed E-state index contributed by atoms with van der Waals surface area (Å²) in [6.07, 6.45) is 1.28. The molecule has 0 atom stereocenters. The smallest absolute Gasteiger partial charge is 0.247 e. The molecule has 0 amide bonds. The number of nitrogens with one attached hydrogen (secondary N) is 1. The fourth-order valence-electron chi connectivity index (χ4n) is 2.50. The Balaban J connectivity index is 1.86. The van der Waals surface area contributed by atoms with Crippen molar-refractivity contribution in [2.24, 2.45) is 0 Å². The van der Waals surface area contributed by atoms with Gasteiger partial charge in [0.15, 0.2) is 23.3 Å². The second-order valence-corrected chi connectivity index (χ2v) is 6.20. The van der Waals surface area contributed by atoms with E-state index in [4.69, 9.17) is 0 Å². The molecule has 0 saturated heterocycles. The number of aromatic nitrogens is 3. The Morgan fingerprint density at radius 1 is 1.00 bits per heavy atom. The Bertz CT molecular complexity index is 918. The van der Waals surface area contributed by atoms with Gasteiger partial charge in [0.2, 0.25) is 5.95 Å². The lowest BCUT2D eigenvalue weighted by molar-refractivity contribution is 0.449. The molecule has 0 unspecified atom stereocenters. The van der Waals surface area contributed by atoms with Crippen LogP contribution >= 0.6 is 0 Å². The van der Waals surface area contributed by atoms with Crippen LogP contribution in [-0.4, -0.2) is 21.2 Å². The summed E-state index contributed by atoms with van der Waals surface area (Å²) in [5.41, 5.74) is 0.833. The van der Waals surface area contributed by atoms with Crippen molar-refractivity contribution in [2.75, 3.05) is 10.2 Å². The predicted octanol–water partition coefficient (Wildman–Crippen LogP) is 4.45. The first kappa shape index (κ1) is 18.6. The zero-order valence-electron chi connectivity index (χ0n) is 14.8. The minimum atomic E-state index is -1.55. The third-order valence-corrected chi connectivity index (χ3v) is 3.92. The van der Waals surface area contributed by atoms with Crippen molar-refractivity contribution in [3.63, 3.8) is 0 Å². The number of hydrogen-bond acceptors (Lipinski definition) is 5. The molecule has 0 bridgehead atoms. The van der Waals surface area contributed by atoms with Crippen LogP contribution in [-0.2, 0) is 6.54 Å². The number of rotatable bonds is 6. The number of hydrogen-bond donors (Lipinski definition) is 1. The molecule has 0 saturated carbocycles. The van der Waals surface area contributed by atoms with Crippen LogP contribution in [0.1, 0.15) is 19.4 Å². The van der Waals surface area contributed by atoms with Gasteiger partial charge in [0.25, 0.3) is 0 Å². The lowest BCUT2D eigenvalue weighted by atomic mass is 10.2. The van der Waals surface area contributed by atoms with Crippen LogP contribution < -0.4 is 10.2 Å². The van der Waals surface area contributed by atoms with Gasteiger partial charge in [-0.25, -0.2) is 13.2 Å². The number of benzene rings is 2. The quantitative estimate of drug-likeness (QED) is 0.647. The van der Waals surface area contributed by atoms with Crippen LogP contribution in [0, 0.1) is 17.5 Å². The van der Waals surface area contributed by atoms with Gasteiger partial charge in [-0.1, -0.05) is 30.3 Å². The lowest BCUT2D eigenvalue weighted by Gasteiger charge is -2.26. The van der Waals surface area contributed by atoms with Crippen molar-refractivity contribution < 1.29 is 13.2 Å². The van der Waals surface area contributed by atoms with Crippen molar-refractivity contribution in [1.82, 2.24) is 15.2 Å². The van der Waals surface area contributed by atoms with Crippen molar-refractivity contribution in [2.45, 2.75) is 26.4 Å². The van der Waals surface area contributed by atoms with Crippen LogP contribution in [0.25, 0.3) is 0 Å². The minimum Gasteiger partial charge on any atom is -0.336 e. The molecule has 1 heterocycles. The molecular weight excluding hydrogens is 355 g/mol. The van der Waals surface area contributed by atoms with Crippen LogP contribution in [0.4, 0.5) is 30.6 Å². The van der Waals surface area contributed by atoms with Gasteiger partial charge in [-0.05, 0) is 31.5 Å². The summed E-state index contributed by atoms with van der Waals surface area (Å²) in [5, 5.41) is 10.6. The third-order valence-electron chi connectivity index (χ3n) is 3.92. The number of halogens is 3. The number of anilines is 3. The molecule has 0 spiro atoms. The van der Waals surface area contributed by atoms with Gasteiger partial charge in [0.05, 0.1) is 11.9 Å². The van der Waals surface area contributed by atoms with Gasteiger partial charge < -0.3 is 10.2 Å². The van der Waals surface area contributed by atoms with E-state index in [0.717, 1.165) is 17.7 Å². The number of nitrogens with zero attached hydrogens (tertiary/aromatic N) is 4. The molecule has 0 aliphatic heterocycles. The van der Waals surface area contributed by atoms with Gasteiger partial charge in [-0.3, -0.25) is 0 Å². The van der Waals surface area contributed by atoms with Crippen LogP contribution in [0.2, 0.25) is 0 Å².